The Labute approximate surface area is 176 Å². The largest absolute Gasteiger partial charge is 0.522 e. The second-order valence-corrected chi connectivity index (χ2v) is 5.87. The molecule has 3 aromatic rings. The first kappa shape index (κ1) is 19.8. The summed E-state index contributed by atoms with van der Waals surface area (Å²) >= 11 is 0. The van der Waals surface area contributed by atoms with Crippen LogP contribution < -0.4 is 9.47 Å². The zero-order valence-corrected chi connectivity index (χ0v) is 17.4. The third kappa shape index (κ3) is 4.12. The van der Waals surface area contributed by atoms with E-state index in [2.05, 4.69) is 21.1 Å². The van der Waals surface area contributed by atoms with Gasteiger partial charge in [-0.2, -0.15) is 22.1 Å². The van der Waals surface area contributed by atoms with Gasteiger partial charge < -0.3 is 14.6 Å². The summed E-state index contributed by atoms with van der Waals surface area (Å²) in [5, 5.41) is 13.8. The minimum absolute atomic E-state index is 0. The standard InChI is InChI=1S/C19H17N5O3.Pt/c1-23-12-18(21-19(23)13-5-3-6-14(11-13)26-2)27-17-9-10-24(22-17)15-7-4-8-16(25)20-15;/h3-4,6-12,19H,1-2H3,(H,20,25);. The van der Waals surface area contributed by atoms with Gasteiger partial charge in [0, 0.05) is 45.1 Å². The van der Waals surface area contributed by atoms with E-state index in [1.165, 1.54) is 10.7 Å². The topological polar surface area (TPSA) is 84.8 Å². The Kier molecular flexibility index (Phi) is 5.89. The van der Waals surface area contributed by atoms with Crippen LogP contribution in [0.5, 0.6) is 17.5 Å². The van der Waals surface area contributed by atoms with Gasteiger partial charge >= 0.3 is 0 Å². The first-order valence-electron chi connectivity index (χ1n) is 8.22. The Balaban J connectivity index is 0.00000225. The molecule has 1 N–H and O–H groups in total. The molecule has 8 nitrogen and oxygen atoms in total. The van der Waals surface area contributed by atoms with Crippen molar-refractivity contribution in [1.82, 2.24) is 14.8 Å². The quantitative estimate of drug-likeness (QED) is 0.391. The summed E-state index contributed by atoms with van der Waals surface area (Å²) in [7, 11) is 3.53. The van der Waals surface area contributed by atoms with E-state index in [0.717, 1.165) is 11.3 Å². The van der Waals surface area contributed by atoms with Crippen molar-refractivity contribution in [2.45, 2.75) is 6.17 Å². The van der Waals surface area contributed by atoms with Gasteiger partial charge in [-0.15, -0.1) is 17.2 Å². The second-order valence-electron chi connectivity index (χ2n) is 5.87. The molecule has 0 amide bonds. The van der Waals surface area contributed by atoms with Gasteiger partial charge in [-0.1, -0.05) is 11.6 Å². The number of aliphatic imine (C=N–C) groups is 1. The third-order valence-corrected chi connectivity index (χ3v) is 3.99. The van der Waals surface area contributed by atoms with E-state index in [-0.39, 0.29) is 33.1 Å². The molecule has 0 fully saturated rings. The first-order chi connectivity index (χ1) is 13.1. The molecular weight excluding hydrogens is 541 g/mol. The number of benzene rings is 1. The SMILES string of the molecule is COc1cc[c-]c(C2N=C(Oc3ccn(-c4cccc(O)n4)n3)C=[N+]2C)c1.[Pt]. The molecule has 0 radical (unpaired) electrons. The molecule has 28 heavy (non-hydrogen) atoms. The predicted molar refractivity (Wildman–Crippen MR) is 97.9 cm³/mol. The first-order valence-corrected chi connectivity index (χ1v) is 8.22. The Hall–Kier alpha value is -2.99. The van der Waals surface area contributed by atoms with Crippen LogP contribution in [0.2, 0.25) is 0 Å². The minimum atomic E-state index is -0.245. The summed E-state index contributed by atoms with van der Waals surface area (Å²) < 4.78 is 14.5. The maximum Gasteiger partial charge on any atom is 0.287 e. The number of hydrogen-bond acceptors (Lipinski definition) is 6. The molecule has 146 valence electrons. The van der Waals surface area contributed by atoms with Crippen molar-refractivity contribution in [3.8, 4) is 23.3 Å². The van der Waals surface area contributed by atoms with Crippen LogP contribution in [-0.2, 0) is 21.1 Å². The second kappa shape index (κ2) is 8.35. The number of aromatic hydroxyl groups is 1. The molecule has 1 unspecified atom stereocenters. The van der Waals surface area contributed by atoms with E-state index in [9.17, 15) is 5.11 Å². The van der Waals surface area contributed by atoms with Gasteiger partial charge in [-0.05, 0) is 6.07 Å². The van der Waals surface area contributed by atoms with E-state index in [4.69, 9.17) is 9.47 Å². The van der Waals surface area contributed by atoms with Crippen molar-refractivity contribution in [3.63, 3.8) is 0 Å². The van der Waals surface area contributed by atoms with Gasteiger partial charge in [0.25, 0.3) is 12.1 Å². The molecule has 1 aliphatic rings. The Morgan fingerprint density at radius 1 is 1.25 bits per heavy atom. The normalized spacial score (nSPS) is 15.4. The summed E-state index contributed by atoms with van der Waals surface area (Å²) in [6.45, 7) is 0. The molecule has 2 aromatic heterocycles. The minimum Gasteiger partial charge on any atom is -0.522 e. The number of nitrogens with zero attached hydrogens (tertiary/aromatic N) is 5. The van der Waals surface area contributed by atoms with Crippen LogP contribution in [0.15, 0.2) is 53.7 Å². The zero-order chi connectivity index (χ0) is 18.8. The fourth-order valence-corrected chi connectivity index (χ4v) is 2.71. The molecule has 0 bridgehead atoms. The monoisotopic (exact) mass is 558 g/mol. The Morgan fingerprint density at radius 2 is 2.11 bits per heavy atom. The predicted octanol–water partition coefficient (Wildman–Crippen LogP) is 1.98. The number of rotatable bonds is 4. The summed E-state index contributed by atoms with van der Waals surface area (Å²) in [4.78, 5) is 8.59. The third-order valence-electron chi connectivity index (χ3n) is 3.99. The molecule has 4 rings (SSSR count). The van der Waals surface area contributed by atoms with Crippen LogP contribution in [0.1, 0.15) is 11.7 Å². The van der Waals surface area contributed by atoms with Crippen molar-refractivity contribution >= 4 is 12.1 Å². The molecule has 3 heterocycles. The van der Waals surface area contributed by atoms with Crippen molar-refractivity contribution in [2.75, 3.05) is 14.2 Å². The number of methoxy groups -OCH3 is 1. The van der Waals surface area contributed by atoms with Crippen molar-refractivity contribution in [3.05, 3.63) is 60.3 Å². The van der Waals surface area contributed by atoms with E-state index >= 15 is 0 Å². The number of pyridine rings is 1. The van der Waals surface area contributed by atoms with Crippen LogP contribution in [0.3, 0.4) is 0 Å². The average molecular weight is 558 g/mol. The number of hydrogen-bond donors (Lipinski definition) is 1. The smallest absolute Gasteiger partial charge is 0.287 e. The van der Waals surface area contributed by atoms with Crippen LogP contribution in [0.25, 0.3) is 5.82 Å². The van der Waals surface area contributed by atoms with E-state index in [1.54, 1.807) is 43.8 Å². The summed E-state index contributed by atoms with van der Waals surface area (Å²) in [6, 6.07) is 15.3. The van der Waals surface area contributed by atoms with E-state index < -0.39 is 0 Å². The zero-order valence-electron chi connectivity index (χ0n) is 15.1. The van der Waals surface area contributed by atoms with Gasteiger partial charge in [-0.3, -0.25) is 0 Å². The summed E-state index contributed by atoms with van der Waals surface area (Å²) in [6.07, 6.45) is 3.25. The maximum atomic E-state index is 9.49. The number of aromatic nitrogens is 3. The van der Waals surface area contributed by atoms with Crippen LogP contribution in [-0.4, -0.2) is 50.7 Å². The van der Waals surface area contributed by atoms with Gasteiger partial charge in [0.2, 0.25) is 18.0 Å². The molecule has 0 saturated carbocycles. The fraction of sp³-hybridized carbons (Fsp3) is 0.158. The van der Waals surface area contributed by atoms with Gasteiger partial charge in [0.1, 0.15) is 7.05 Å². The van der Waals surface area contributed by atoms with Crippen molar-refractivity contribution in [1.29, 1.82) is 0 Å². The van der Waals surface area contributed by atoms with Crippen LogP contribution >= 0.6 is 0 Å². The molecular formula is C19H17N5O3Pt. The molecule has 1 aromatic carbocycles. The van der Waals surface area contributed by atoms with Crippen LogP contribution in [0, 0.1) is 6.07 Å². The van der Waals surface area contributed by atoms with Crippen LogP contribution in [0.4, 0.5) is 0 Å². The molecule has 1 aliphatic heterocycles. The molecule has 0 aliphatic carbocycles. The Bertz CT molecular complexity index is 1050. The van der Waals surface area contributed by atoms with E-state index in [0.29, 0.717) is 17.6 Å². The van der Waals surface area contributed by atoms with Gasteiger partial charge in [-0.25, -0.2) is 9.26 Å². The number of ether oxygens (including phenoxy) is 2. The molecule has 1 atom stereocenters. The molecule has 0 spiro atoms. The van der Waals surface area contributed by atoms with Gasteiger partial charge in [0.05, 0.1) is 7.11 Å². The maximum absolute atomic E-state index is 9.49. The van der Waals surface area contributed by atoms with Crippen molar-refractivity contribution < 1.29 is 40.2 Å². The van der Waals surface area contributed by atoms with Crippen molar-refractivity contribution in [2.24, 2.45) is 4.99 Å². The summed E-state index contributed by atoms with van der Waals surface area (Å²) in [5.41, 5.74) is 0.876. The molecule has 9 heteroatoms. The van der Waals surface area contributed by atoms with Gasteiger partial charge in [0.15, 0.2) is 5.82 Å². The van der Waals surface area contributed by atoms with E-state index in [1.807, 2.05) is 23.8 Å². The fourth-order valence-electron chi connectivity index (χ4n) is 2.71. The molecule has 0 saturated heterocycles. The average Bonchev–Trinajstić information content (AvgIpc) is 3.28. The Morgan fingerprint density at radius 3 is 2.89 bits per heavy atom. The summed E-state index contributed by atoms with van der Waals surface area (Å²) in [5.74, 6) is 1.98.